The first-order valence-corrected chi connectivity index (χ1v) is 6.12. The Morgan fingerprint density at radius 1 is 1.33 bits per heavy atom. The van der Waals surface area contributed by atoms with Gasteiger partial charge in [-0.3, -0.25) is 4.98 Å². The molecule has 94 valence electrons. The van der Waals surface area contributed by atoms with E-state index in [0.717, 1.165) is 35.9 Å². The molecule has 2 aromatic rings. The van der Waals surface area contributed by atoms with Crippen molar-refractivity contribution in [2.24, 2.45) is 0 Å². The van der Waals surface area contributed by atoms with Gasteiger partial charge in [0.05, 0.1) is 24.9 Å². The first-order chi connectivity index (χ1) is 8.84. The number of aryl methyl sites for hydroxylation is 1. The van der Waals surface area contributed by atoms with Crippen molar-refractivity contribution in [1.82, 2.24) is 20.3 Å². The number of nitrogens with one attached hydrogen (secondary N) is 2. The van der Waals surface area contributed by atoms with E-state index in [2.05, 4.69) is 20.3 Å². The Bertz CT molecular complexity index is 517. The van der Waals surface area contributed by atoms with Gasteiger partial charge in [-0.2, -0.15) is 0 Å². The van der Waals surface area contributed by atoms with Gasteiger partial charge < -0.3 is 15.0 Å². The van der Waals surface area contributed by atoms with E-state index < -0.39 is 0 Å². The number of rotatable bonds is 2. The second-order valence-electron chi connectivity index (χ2n) is 4.41. The molecule has 0 saturated carbocycles. The molecule has 0 bridgehead atoms. The van der Waals surface area contributed by atoms with E-state index in [4.69, 9.17) is 4.74 Å². The van der Waals surface area contributed by atoms with Crippen molar-refractivity contribution in [3.63, 3.8) is 0 Å². The molecule has 1 fully saturated rings. The van der Waals surface area contributed by atoms with Crippen LogP contribution < -0.4 is 5.32 Å². The van der Waals surface area contributed by atoms with Gasteiger partial charge in [0.2, 0.25) is 0 Å². The third-order valence-electron chi connectivity index (χ3n) is 3.11. The summed E-state index contributed by atoms with van der Waals surface area (Å²) in [6.07, 6.45) is 3.57. The van der Waals surface area contributed by atoms with Gasteiger partial charge in [0.1, 0.15) is 5.82 Å². The number of aromatic nitrogens is 3. The van der Waals surface area contributed by atoms with Crippen molar-refractivity contribution in [1.29, 1.82) is 0 Å². The molecular formula is C13H16N4O. The molecule has 0 amide bonds. The highest BCUT2D eigenvalue weighted by atomic mass is 16.5. The molecule has 0 spiro atoms. The molecule has 1 atom stereocenters. The molecule has 5 heteroatoms. The summed E-state index contributed by atoms with van der Waals surface area (Å²) in [6.45, 7) is 4.35. The van der Waals surface area contributed by atoms with Gasteiger partial charge >= 0.3 is 0 Å². The zero-order valence-electron chi connectivity index (χ0n) is 10.3. The number of hydrogen-bond acceptors (Lipinski definition) is 4. The molecule has 1 aliphatic rings. The van der Waals surface area contributed by atoms with Crippen LogP contribution in [0.1, 0.15) is 17.6 Å². The lowest BCUT2D eigenvalue weighted by molar-refractivity contribution is 0.0745. The second kappa shape index (κ2) is 4.88. The molecule has 2 aromatic heterocycles. The minimum Gasteiger partial charge on any atom is -0.378 e. The van der Waals surface area contributed by atoms with E-state index in [9.17, 15) is 0 Å². The first-order valence-electron chi connectivity index (χ1n) is 6.12. The van der Waals surface area contributed by atoms with Crippen LogP contribution in [0.25, 0.3) is 11.3 Å². The Morgan fingerprint density at radius 3 is 2.89 bits per heavy atom. The van der Waals surface area contributed by atoms with E-state index in [0.29, 0.717) is 6.61 Å². The van der Waals surface area contributed by atoms with E-state index in [1.807, 2.05) is 19.1 Å². The molecule has 2 N–H and O–H groups in total. The van der Waals surface area contributed by atoms with Crippen LogP contribution in [0.4, 0.5) is 0 Å². The normalized spacial score (nSPS) is 19.9. The lowest BCUT2D eigenvalue weighted by Gasteiger charge is -2.21. The zero-order valence-corrected chi connectivity index (χ0v) is 10.3. The topological polar surface area (TPSA) is 62.8 Å². The Hall–Kier alpha value is -1.72. The van der Waals surface area contributed by atoms with E-state index in [1.54, 1.807) is 12.4 Å². The smallest absolute Gasteiger partial charge is 0.126 e. The van der Waals surface area contributed by atoms with Crippen molar-refractivity contribution in [3.05, 3.63) is 36.0 Å². The lowest BCUT2D eigenvalue weighted by Crippen LogP contribution is -2.35. The fourth-order valence-corrected chi connectivity index (χ4v) is 2.18. The summed E-state index contributed by atoms with van der Waals surface area (Å²) in [5.41, 5.74) is 3.14. The average Bonchev–Trinajstić information content (AvgIpc) is 2.83. The van der Waals surface area contributed by atoms with Crippen LogP contribution in [0.3, 0.4) is 0 Å². The third kappa shape index (κ3) is 2.14. The molecule has 0 aliphatic carbocycles. The predicted molar refractivity (Wildman–Crippen MR) is 68.1 cm³/mol. The van der Waals surface area contributed by atoms with Gasteiger partial charge in [-0.05, 0) is 19.1 Å². The molecule has 1 unspecified atom stereocenters. The highest BCUT2D eigenvalue weighted by Crippen LogP contribution is 2.23. The minimum atomic E-state index is 0.160. The number of aromatic amines is 1. The van der Waals surface area contributed by atoms with Crippen LogP contribution in [0.2, 0.25) is 0 Å². The molecule has 0 aromatic carbocycles. The third-order valence-corrected chi connectivity index (χ3v) is 3.11. The van der Waals surface area contributed by atoms with Crippen LogP contribution in [-0.4, -0.2) is 34.7 Å². The summed E-state index contributed by atoms with van der Waals surface area (Å²) < 4.78 is 5.46. The summed E-state index contributed by atoms with van der Waals surface area (Å²) in [7, 11) is 0. The summed E-state index contributed by atoms with van der Waals surface area (Å²) in [4.78, 5) is 12.0. The number of hydrogen-bond donors (Lipinski definition) is 2. The summed E-state index contributed by atoms with van der Waals surface area (Å²) >= 11 is 0. The Morgan fingerprint density at radius 2 is 2.17 bits per heavy atom. The van der Waals surface area contributed by atoms with Crippen molar-refractivity contribution in [2.45, 2.75) is 13.0 Å². The molecule has 3 heterocycles. The highest BCUT2D eigenvalue weighted by molar-refractivity contribution is 5.61. The predicted octanol–water partition coefficient (Wildman–Crippen LogP) is 1.44. The van der Waals surface area contributed by atoms with E-state index in [-0.39, 0.29) is 6.04 Å². The van der Waals surface area contributed by atoms with Gasteiger partial charge in [0, 0.05) is 30.2 Å². The molecular weight excluding hydrogens is 228 g/mol. The van der Waals surface area contributed by atoms with Gasteiger partial charge in [0.15, 0.2) is 0 Å². The second-order valence-corrected chi connectivity index (χ2v) is 4.41. The lowest BCUT2D eigenvalue weighted by atomic mass is 10.2. The maximum Gasteiger partial charge on any atom is 0.126 e. The summed E-state index contributed by atoms with van der Waals surface area (Å²) in [5, 5.41) is 3.40. The van der Waals surface area contributed by atoms with Crippen LogP contribution >= 0.6 is 0 Å². The molecule has 1 saturated heterocycles. The number of morpholine rings is 1. The summed E-state index contributed by atoms with van der Waals surface area (Å²) in [6, 6.07) is 4.10. The number of ether oxygens (including phenoxy) is 1. The fraction of sp³-hybridized carbons (Fsp3) is 0.385. The van der Waals surface area contributed by atoms with Crippen molar-refractivity contribution >= 4 is 0 Å². The quantitative estimate of drug-likeness (QED) is 0.839. The van der Waals surface area contributed by atoms with Gasteiger partial charge in [0.25, 0.3) is 0 Å². The van der Waals surface area contributed by atoms with Crippen LogP contribution in [0.5, 0.6) is 0 Å². The van der Waals surface area contributed by atoms with Gasteiger partial charge in [-0.1, -0.05) is 0 Å². The van der Waals surface area contributed by atoms with E-state index in [1.165, 1.54) is 0 Å². The first kappa shape index (κ1) is 11.4. The monoisotopic (exact) mass is 244 g/mol. The molecule has 3 rings (SSSR count). The van der Waals surface area contributed by atoms with Crippen LogP contribution in [-0.2, 0) is 4.74 Å². The van der Waals surface area contributed by atoms with Gasteiger partial charge in [-0.25, -0.2) is 4.98 Å². The number of H-pyrrole nitrogens is 1. The number of nitrogens with zero attached hydrogens (tertiary/aromatic N) is 2. The molecule has 0 radical (unpaired) electrons. The van der Waals surface area contributed by atoms with Gasteiger partial charge in [-0.15, -0.1) is 0 Å². The Labute approximate surface area is 106 Å². The Balaban J connectivity index is 1.91. The van der Waals surface area contributed by atoms with Crippen molar-refractivity contribution in [2.75, 3.05) is 19.8 Å². The maximum absolute atomic E-state index is 5.46. The highest BCUT2D eigenvalue weighted by Gasteiger charge is 2.20. The van der Waals surface area contributed by atoms with Crippen molar-refractivity contribution < 1.29 is 4.74 Å². The molecule has 18 heavy (non-hydrogen) atoms. The van der Waals surface area contributed by atoms with E-state index >= 15 is 0 Å². The standard InChI is InChI=1S/C13H16N4O/c1-9-12(10-2-4-14-5-3-10)17-13(16-9)11-8-18-7-6-15-11/h2-5,11,15H,6-8H2,1H3,(H,16,17). The maximum atomic E-state index is 5.46. The Kier molecular flexibility index (Phi) is 3.08. The van der Waals surface area contributed by atoms with Crippen LogP contribution in [0.15, 0.2) is 24.5 Å². The number of pyridine rings is 1. The number of imidazole rings is 1. The van der Waals surface area contributed by atoms with Crippen LogP contribution in [0, 0.1) is 6.92 Å². The zero-order chi connectivity index (χ0) is 12.4. The minimum absolute atomic E-state index is 0.160. The molecule has 5 nitrogen and oxygen atoms in total. The summed E-state index contributed by atoms with van der Waals surface area (Å²) in [5.74, 6) is 0.944. The molecule has 1 aliphatic heterocycles. The van der Waals surface area contributed by atoms with Crippen molar-refractivity contribution in [3.8, 4) is 11.3 Å². The largest absolute Gasteiger partial charge is 0.378 e. The average molecular weight is 244 g/mol. The SMILES string of the molecule is Cc1[nH]c(C2COCCN2)nc1-c1ccncc1. The fourth-order valence-electron chi connectivity index (χ4n) is 2.18.